The van der Waals surface area contributed by atoms with Gasteiger partial charge in [-0.1, -0.05) is 23.7 Å². The number of nitrogens with zero attached hydrogens (tertiary/aromatic N) is 2. The van der Waals surface area contributed by atoms with Crippen molar-refractivity contribution >= 4 is 11.6 Å². The maximum atomic E-state index is 6.89. The van der Waals surface area contributed by atoms with Gasteiger partial charge < -0.3 is 14.2 Å². The van der Waals surface area contributed by atoms with E-state index in [9.17, 15) is 0 Å². The second-order valence-electron chi connectivity index (χ2n) is 6.97. The molecule has 4 aromatic rings. The zero-order valence-corrected chi connectivity index (χ0v) is 18.4. The van der Waals surface area contributed by atoms with Crippen LogP contribution in [0, 0.1) is 0 Å². The van der Waals surface area contributed by atoms with Crippen molar-refractivity contribution in [2.75, 3.05) is 21.3 Å². The normalized spacial score (nSPS) is 10.7. The molecule has 0 amide bonds. The third-order valence-electron chi connectivity index (χ3n) is 5.11. The van der Waals surface area contributed by atoms with Gasteiger partial charge >= 0.3 is 0 Å². The summed E-state index contributed by atoms with van der Waals surface area (Å²) >= 11 is 6.89. The second-order valence-corrected chi connectivity index (χ2v) is 7.35. The van der Waals surface area contributed by atoms with Crippen molar-refractivity contribution in [1.82, 2.24) is 9.78 Å². The predicted molar refractivity (Wildman–Crippen MR) is 123 cm³/mol. The lowest BCUT2D eigenvalue weighted by Crippen LogP contribution is -2.04. The molecular weight excluding hydrogens is 412 g/mol. The van der Waals surface area contributed by atoms with Gasteiger partial charge in [-0.05, 0) is 66.2 Å². The van der Waals surface area contributed by atoms with Gasteiger partial charge in [0.15, 0.2) is 0 Å². The summed E-state index contributed by atoms with van der Waals surface area (Å²) in [6.45, 7) is 0.571. The summed E-state index contributed by atoms with van der Waals surface area (Å²) in [6, 6.07) is 23.5. The van der Waals surface area contributed by atoms with Gasteiger partial charge in [0.1, 0.15) is 22.9 Å². The topological polar surface area (TPSA) is 45.5 Å². The molecule has 0 radical (unpaired) electrons. The highest BCUT2D eigenvalue weighted by Crippen LogP contribution is 2.37. The quantitative estimate of drug-likeness (QED) is 0.361. The lowest BCUT2D eigenvalue weighted by molar-refractivity contribution is 0.414. The van der Waals surface area contributed by atoms with E-state index in [1.54, 1.807) is 21.3 Å². The molecule has 31 heavy (non-hydrogen) atoms. The molecule has 0 aliphatic carbocycles. The van der Waals surface area contributed by atoms with Crippen molar-refractivity contribution in [3.63, 3.8) is 0 Å². The largest absolute Gasteiger partial charge is 0.497 e. The van der Waals surface area contributed by atoms with E-state index in [0.29, 0.717) is 11.6 Å². The summed E-state index contributed by atoms with van der Waals surface area (Å²) < 4.78 is 17.8. The first-order valence-corrected chi connectivity index (χ1v) is 10.2. The third-order valence-corrected chi connectivity index (χ3v) is 5.47. The number of halogens is 1. The Bertz CT molecular complexity index is 1150. The molecule has 0 fully saturated rings. The van der Waals surface area contributed by atoms with Crippen molar-refractivity contribution in [3.8, 4) is 39.8 Å². The molecule has 0 unspecified atom stereocenters. The van der Waals surface area contributed by atoms with Crippen LogP contribution in [0.5, 0.6) is 17.2 Å². The molecule has 1 heterocycles. The van der Waals surface area contributed by atoms with Crippen LogP contribution in [0.3, 0.4) is 0 Å². The Morgan fingerprint density at radius 1 is 0.677 bits per heavy atom. The predicted octanol–water partition coefficient (Wildman–Crippen LogP) is 5.94. The van der Waals surface area contributed by atoms with E-state index in [1.165, 1.54) is 0 Å². The number of aromatic nitrogens is 2. The van der Waals surface area contributed by atoms with Crippen molar-refractivity contribution in [3.05, 3.63) is 83.4 Å². The Hall–Kier alpha value is -3.44. The number of ether oxygens (including phenoxy) is 3. The van der Waals surface area contributed by atoms with E-state index in [1.807, 2.05) is 77.5 Å². The smallest absolute Gasteiger partial charge is 0.118 e. The molecular formula is C25H23ClN2O3. The number of benzene rings is 3. The Morgan fingerprint density at radius 3 is 1.61 bits per heavy atom. The molecule has 0 bridgehead atoms. The summed E-state index contributed by atoms with van der Waals surface area (Å²) in [5.74, 6) is 2.39. The Balaban J connectivity index is 1.79. The van der Waals surface area contributed by atoms with Crippen molar-refractivity contribution in [2.24, 2.45) is 0 Å². The minimum absolute atomic E-state index is 0.571. The highest BCUT2D eigenvalue weighted by Gasteiger charge is 2.20. The first-order chi connectivity index (χ1) is 15.1. The molecule has 1 aromatic heterocycles. The monoisotopic (exact) mass is 434 g/mol. The summed E-state index contributed by atoms with van der Waals surface area (Å²) in [4.78, 5) is 0. The van der Waals surface area contributed by atoms with E-state index in [0.717, 1.165) is 45.3 Å². The van der Waals surface area contributed by atoms with Crippen LogP contribution >= 0.6 is 11.6 Å². The van der Waals surface area contributed by atoms with Crippen molar-refractivity contribution < 1.29 is 14.2 Å². The lowest BCUT2D eigenvalue weighted by Gasteiger charge is -2.10. The van der Waals surface area contributed by atoms with Gasteiger partial charge in [-0.15, -0.1) is 0 Å². The van der Waals surface area contributed by atoms with Gasteiger partial charge in [0, 0.05) is 11.1 Å². The lowest BCUT2D eigenvalue weighted by atomic mass is 10.1. The van der Waals surface area contributed by atoms with Gasteiger partial charge in [0.25, 0.3) is 0 Å². The average molecular weight is 435 g/mol. The number of rotatable bonds is 7. The maximum absolute atomic E-state index is 6.89. The van der Waals surface area contributed by atoms with Crippen LogP contribution in [0.1, 0.15) is 5.56 Å². The van der Waals surface area contributed by atoms with E-state index in [-0.39, 0.29) is 0 Å². The molecule has 0 N–H and O–H groups in total. The van der Waals surface area contributed by atoms with E-state index in [2.05, 4.69) is 0 Å². The number of hydrogen-bond donors (Lipinski definition) is 0. The molecule has 158 valence electrons. The molecule has 4 rings (SSSR count). The molecule has 0 saturated heterocycles. The van der Waals surface area contributed by atoms with Gasteiger partial charge in [-0.2, -0.15) is 5.10 Å². The van der Waals surface area contributed by atoms with Crippen LogP contribution in [-0.4, -0.2) is 31.1 Å². The fraction of sp³-hybridized carbons (Fsp3) is 0.160. The molecule has 3 aromatic carbocycles. The molecule has 6 heteroatoms. The highest BCUT2D eigenvalue weighted by molar-refractivity contribution is 6.35. The fourth-order valence-corrected chi connectivity index (χ4v) is 3.77. The molecule has 0 spiro atoms. The molecule has 0 saturated carbocycles. The zero-order valence-electron chi connectivity index (χ0n) is 17.6. The zero-order chi connectivity index (χ0) is 21.8. The van der Waals surface area contributed by atoms with Crippen LogP contribution in [0.25, 0.3) is 22.5 Å². The highest BCUT2D eigenvalue weighted by atomic mass is 35.5. The van der Waals surface area contributed by atoms with E-state index in [4.69, 9.17) is 30.9 Å². The molecule has 0 aliphatic heterocycles. The van der Waals surface area contributed by atoms with Crippen molar-refractivity contribution in [1.29, 1.82) is 0 Å². The maximum Gasteiger partial charge on any atom is 0.118 e. The van der Waals surface area contributed by atoms with Crippen LogP contribution in [0.15, 0.2) is 72.8 Å². The number of methoxy groups -OCH3 is 3. The van der Waals surface area contributed by atoms with Gasteiger partial charge in [0.2, 0.25) is 0 Å². The van der Waals surface area contributed by atoms with Crippen LogP contribution in [0.2, 0.25) is 5.02 Å². The standard InChI is InChI=1S/C25H23ClN2O3/c1-29-20-10-4-17(5-11-20)16-28-25(19-8-14-22(31-3)15-9-19)23(26)24(27-28)18-6-12-21(30-2)13-7-18/h4-15H,16H2,1-3H3. The van der Waals surface area contributed by atoms with Crippen LogP contribution in [-0.2, 0) is 6.54 Å². The fourth-order valence-electron chi connectivity index (χ4n) is 3.42. The second kappa shape index (κ2) is 9.14. The first kappa shape index (κ1) is 20.8. The van der Waals surface area contributed by atoms with Crippen LogP contribution in [0.4, 0.5) is 0 Å². The van der Waals surface area contributed by atoms with E-state index < -0.39 is 0 Å². The van der Waals surface area contributed by atoms with E-state index >= 15 is 0 Å². The summed E-state index contributed by atoms with van der Waals surface area (Å²) in [7, 11) is 4.95. The summed E-state index contributed by atoms with van der Waals surface area (Å²) in [5.41, 5.74) is 4.56. The molecule has 0 atom stereocenters. The third kappa shape index (κ3) is 4.37. The van der Waals surface area contributed by atoms with Crippen molar-refractivity contribution in [2.45, 2.75) is 6.54 Å². The number of hydrogen-bond acceptors (Lipinski definition) is 4. The summed E-state index contributed by atoms with van der Waals surface area (Å²) in [5, 5.41) is 5.47. The SMILES string of the molecule is COc1ccc(Cn2nc(-c3ccc(OC)cc3)c(Cl)c2-c2ccc(OC)cc2)cc1. The van der Waals surface area contributed by atoms with Gasteiger partial charge in [-0.25, -0.2) is 0 Å². The average Bonchev–Trinajstić information content (AvgIpc) is 3.15. The van der Waals surface area contributed by atoms with Gasteiger partial charge in [-0.3, -0.25) is 4.68 Å². The molecule has 0 aliphatic rings. The minimum atomic E-state index is 0.571. The first-order valence-electron chi connectivity index (χ1n) is 9.81. The summed E-state index contributed by atoms with van der Waals surface area (Å²) in [6.07, 6.45) is 0. The van der Waals surface area contributed by atoms with Crippen LogP contribution < -0.4 is 14.2 Å². The molecule has 5 nitrogen and oxygen atoms in total. The minimum Gasteiger partial charge on any atom is -0.497 e. The van der Waals surface area contributed by atoms with Gasteiger partial charge in [0.05, 0.1) is 38.6 Å². The Morgan fingerprint density at radius 2 is 1.13 bits per heavy atom. The Kier molecular flexibility index (Phi) is 6.14. The Labute approximate surface area is 186 Å².